The number of furan rings is 1. The molecule has 0 atom stereocenters. The highest BCUT2D eigenvalue weighted by molar-refractivity contribution is 7.00. The third-order valence-electron chi connectivity index (χ3n) is 7.06. The Kier molecular flexibility index (Phi) is 6.44. The van der Waals surface area contributed by atoms with Gasteiger partial charge in [0.25, 0.3) is 0 Å². The number of methoxy groups -OCH3 is 1. The van der Waals surface area contributed by atoms with Crippen LogP contribution in [0.15, 0.2) is 95.4 Å². The van der Waals surface area contributed by atoms with Gasteiger partial charge in [0.1, 0.15) is 34.7 Å². The molecule has 4 aromatic carbocycles. The van der Waals surface area contributed by atoms with Crippen LogP contribution in [0.3, 0.4) is 0 Å². The molecule has 0 unspecified atom stereocenters. The van der Waals surface area contributed by atoms with Crippen LogP contribution in [0.5, 0.6) is 17.4 Å². The third kappa shape index (κ3) is 4.57. The number of rotatable bonds is 8. The molecule has 0 saturated heterocycles. The van der Waals surface area contributed by atoms with Crippen LogP contribution in [-0.4, -0.2) is 31.7 Å². The summed E-state index contributed by atoms with van der Waals surface area (Å²) in [5.41, 5.74) is 6.37. The van der Waals surface area contributed by atoms with Crippen molar-refractivity contribution in [3.8, 4) is 28.5 Å². The maximum Gasteiger partial charge on any atom is 0.512 e. The molecule has 3 aromatic heterocycles. The zero-order valence-electron chi connectivity index (χ0n) is 22.3. The van der Waals surface area contributed by atoms with Gasteiger partial charge in [-0.15, -0.1) is 0 Å². The quantitative estimate of drug-likeness (QED) is 0.183. The van der Waals surface area contributed by atoms with Crippen molar-refractivity contribution in [3.05, 3.63) is 102 Å². The number of aromatic nitrogens is 3. The van der Waals surface area contributed by atoms with Crippen molar-refractivity contribution >= 4 is 51.0 Å². The summed E-state index contributed by atoms with van der Waals surface area (Å²) >= 11 is 1.15. The van der Waals surface area contributed by atoms with Crippen molar-refractivity contribution in [1.82, 2.24) is 13.3 Å². The lowest BCUT2D eigenvalue weighted by Gasteiger charge is -2.15. The average Bonchev–Trinajstić information content (AvgIpc) is 3.70. The number of ether oxygens (including phenoxy) is 3. The summed E-state index contributed by atoms with van der Waals surface area (Å²) in [6.45, 7) is 0.592. The molecule has 0 aliphatic carbocycles. The number of benzene rings is 4. The van der Waals surface area contributed by atoms with Gasteiger partial charge in [0.15, 0.2) is 5.58 Å². The maximum atomic E-state index is 12.1. The Bertz CT molecular complexity index is 2080. The van der Waals surface area contributed by atoms with E-state index >= 15 is 0 Å². The van der Waals surface area contributed by atoms with Gasteiger partial charge in [0, 0.05) is 17.0 Å². The van der Waals surface area contributed by atoms with Crippen molar-refractivity contribution in [2.24, 2.45) is 0 Å². The summed E-state index contributed by atoms with van der Waals surface area (Å²) in [6.07, 6.45) is -1.44. The van der Waals surface area contributed by atoms with Gasteiger partial charge in [-0.3, -0.25) is 0 Å². The molecular weight excluding hydrogens is 554 g/mol. The van der Waals surface area contributed by atoms with E-state index in [2.05, 4.69) is 8.75 Å². The Morgan fingerprint density at radius 2 is 1.74 bits per heavy atom. The van der Waals surface area contributed by atoms with E-state index in [-0.39, 0.29) is 5.88 Å². The van der Waals surface area contributed by atoms with Gasteiger partial charge in [-0.1, -0.05) is 48.5 Å². The van der Waals surface area contributed by atoms with Crippen molar-refractivity contribution in [1.29, 1.82) is 0 Å². The molecule has 42 heavy (non-hydrogen) atoms. The van der Waals surface area contributed by atoms with Crippen LogP contribution >= 0.6 is 11.7 Å². The van der Waals surface area contributed by atoms with Crippen LogP contribution in [0, 0.1) is 0 Å². The minimum absolute atomic E-state index is 0.119. The maximum absolute atomic E-state index is 12.1. The highest BCUT2D eigenvalue weighted by atomic mass is 32.1. The predicted molar refractivity (Wildman–Crippen MR) is 160 cm³/mol. The Hall–Kier alpha value is -5.35. The normalized spacial score (nSPS) is 11.4. The second kappa shape index (κ2) is 10.6. The average molecular weight is 578 g/mol. The Balaban J connectivity index is 1.46. The van der Waals surface area contributed by atoms with Crippen molar-refractivity contribution in [2.75, 3.05) is 7.11 Å². The van der Waals surface area contributed by atoms with Crippen LogP contribution in [0.2, 0.25) is 0 Å². The smallest absolute Gasteiger partial charge is 0.497 e. The fourth-order valence-electron chi connectivity index (χ4n) is 5.18. The summed E-state index contributed by atoms with van der Waals surface area (Å²) in [4.78, 5) is 12.1. The lowest BCUT2D eigenvalue weighted by Crippen LogP contribution is -2.10. The monoisotopic (exact) mass is 577 g/mol. The SMILES string of the molecule is COc1ccc(-c2c(OC(=O)O)n(Cc3ccc4nsnc4c3)c3c2oc2ccccc23)c(OCc2ccccc2)c1. The Labute approximate surface area is 243 Å². The second-order valence-corrected chi connectivity index (χ2v) is 10.2. The molecule has 0 spiro atoms. The molecule has 0 radical (unpaired) electrons. The second-order valence-electron chi connectivity index (χ2n) is 9.63. The zero-order valence-corrected chi connectivity index (χ0v) is 23.1. The number of carboxylic acid groups (broad SMARTS) is 1. The van der Waals surface area contributed by atoms with Crippen LogP contribution in [0.25, 0.3) is 44.2 Å². The third-order valence-corrected chi connectivity index (χ3v) is 7.62. The Morgan fingerprint density at radius 3 is 2.57 bits per heavy atom. The number of hydrogen-bond acceptors (Lipinski definition) is 8. The molecular formula is C32H23N3O6S. The van der Waals surface area contributed by atoms with E-state index in [0.29, 0.717) is 52.5 Å². The summed E-state index contributed by atoms with van der Waals surface area (Å²) in [5, 5.41) is 10.7. The first kappa shape index (κ1) is 25.6. The number of fused-ring (bicyclic) bond motifs is 4. The highest BCUT2D eigenvalue weighted by Gasteiger charge is 2.29. The fourth-order valence-corrected chi connectivity index (χ4v) is 5.70. The molecule has 7 rings (SSSR count). The molecule has 0 fully saturated rings. The fraction of sp³-hybridized carbons (Fsp3) is 0.0938. The predicted octanol–water partition coefficient (Wildman–Crippen LogP) is 7.75. The highest BCUT2D eigenvalue weighted by Crippen LogP contribution is 2.48. The molecule has 0 saturated carbocycles. The molecule has 0 bridgehead atoms. The summed E-state index contributed by atoms with van der Waals surface area (Å²) in [5.74, 6) is 1.20. The van der Waals surface area contributed by atoms with Crippen LogP contribution in [0.4, 0.5) is 4.79 Å². The largest absolute Gasteiger partial charge is 0.512 e. The number of nitrogens with zero attached hydrogens (tertiary/aromatic N) is 3. The summed E-state index contributed by atoms with van der Waals surface area (Å²) < 4.78 is 34.3. The summed E-state index contributed by atoms with van der Waals surface area (Å²) in [6, 6.07) is 28.6. The van der Waals surface area contributed by atoms with E-state index in [1.807, 2.05) is 83.4 Å². The minimum Gasteiger partial charge on any atom is -0.497 e. The first-order valence-corrected chi connectivity index (χ1v) is 13.8. The summed E-state index contributed by atoms with van der Waals surface area (Å²) in [7, 11) is 1.58. The van der Waals surface area contributed by atoms with Crippen LogP contribution in [0.1, 0.15) is 11.1 Å². The zero-order chi connectivity index (χ0) is 28.6. The van der Waals surface area contributed by atoms with E-state index in [1.54, 1.807) is 19.2 Å². The first-order valence-electron chi connectivity index (χ1n) is 13.1. The van der Waals surface area contributed by atoms with E-state index < -0.39 is 6.16 Å². The van der Waals surface area contributed by atoms with Crippen LogP contribution < -0.4 is 14.2 Å². The lowest BCUT2D eigenvalue weighted by atomic mass is 10.1. The van der Waals surface area contributed by atoms with E-state index in [1.165, 1.54) is 0 Å². The molecule has 0 aliphatic heterocycles. The van der Waals surface area contributed by atoms with Crippen molar-refractivity contribution in [3.63, 3.8) is 0 Å². The van der Waals surface area contributed by atoms with E-state index in [4.69, 9.17) is 18.6 Å². The van der Waals surface area contributed by atoms with E-state index in [0.717, 1.165) is 39.3 Å². The van der Waals surface area contributed by atoms with Crippen LogP contribution in [-0.2, 0) is 13.2 Å². The molecule has 208 valence electrons. The van der Waals surface area contributed by atoms with Gasteiger partial charge in [-0.05, 0) is 47.5 Å². The molecule has 10 heteroatoms. The van der Waals surface area contributed by atoms with Crippen molar-refractivity contribution in [2.45, 2.75) is 13.2 Å². The number of hydrogen-bond donors (Lipinski definition) is 1. The topological polar surface area (TPSA) is 109 Å². The van der Waals surface area contributed by atoms with E-state index in [9.17, 15) is 9.90 Å². The van der Waals surface area contributed by atoms with Crippen molar-refractivity contribution < 1.29 is 28.5 Å². The van der Waals surface area contributed by atoms with Gasteiger partial charge in [0.05, 0.1) is 36.5 Å². The molecule has 1 N–H and O–H groups in total. The molecule has 9 nitrogen and oxygen atoms in total. The molecule has 0 amide bonds. The van der Waals surface area contributed by atoms with Gasteiger partial charge in [-0.2, -0.15) is 8.75 Å². The lowest BCUT2D eigenvalue weighted by molar-refractivity contribution is 0.141. The van der Waals surface area contributed by atoms with Gasteiger partial charge in [0.2, 0.25) is 5.88 Å². The van der Waals surface area contributed by atoms with Gasteiger partial charge >= 0.3 is 6.16 Å². The first-order chi connectivity index (χ1) is 20.6. The molecule has 3 heterocycles. The Morgan fingerprint density at radius 1 is 0.929 bits per heavy atom. The minimum atomic E-state index is -1.44. The number of para-hydroxylation sites is 1. The van der Waals surface area contributed by atoms with Gasteiger partial charge in [-0.25, -0.2) is 4.79 Å². The number of carbonyl (C=O) groups is 1. The van der Waals surface area contributed by atoms with Gasteiger partial charge < -0.3 is 28.3 Å². The standard InChI is InChI=1S/C32H23N3O6S/c1-38-21-12-13-22(27(16-21)39-18-19-7-3-2-4-8-19)28-30-29(23-9-5-6-10-26(23)40-30)35(31(28)41-32(36)37)17-20-11-14-24-25(15-20)34-42-33-24/h2-16H,17-18H2,1H3,(H,36,37). The molecule has 0 aliphatic rings. The molecule has 7 aromatic rings.